The zero-order valence-electron chi connectivity index (χ0n) is 10.2. The summed E-state index contributed by atoms with van der Waals surface area (Å²) in [6.07, 6.45) is 3.18. The van der Waals surface area contributed by atoms with Gasteiger partial charge in [-0.3, -0.25) is 0 Å². The van der Waals surface area contributed by atoms with E-state index in [1.54, 1.807) is 0 Å². The minimum Gasteiger partial charge on any atom is -0.387 e. The van der Waals surface area contributed by atoms with Crippen molar-refractivity contribution in [2.75, 3.05) is 19.6 Å². The van der Waals surface area contributed by atoms with Gasteiger partial charge in [0.2, 0.25) is 0 Å². The minimum atomic E-state index is -0.396. The van der Waals surface area contributed by atoms with Gasteiger partial charge in [0, 0.05) is 12.6 Å². The zero-order chi connectivity index (χ0) is 11.9. The molecule has 0 saturated carbocycles. The second kappa shape index (κ2) is 6.74. The topological polar surface area (TPSA) is 44.3 Å². The van der Waals surface area contributed by atoms with Crippen molar-refractivity contribution in [1.82, 2.24) is 10.6 Å². The lowest BCUT2D eigenvalue weighted by atomic mass is 10.1. The third-order valence-electron chi connectivity index (χ3n) is 3.36. The predicted octanol–water partition coefficient (Wildman–Crippen LogP) is 1.45. The lowest BCUT2D eigenvalue weighted by Gasteiger charge is -2.19. The van der Waals surface area contributed by atoms with Crippen molar-refractivity contribution in [2.24, 2.45) is 0 Å². The third kappa shape index (κ3) is 4.11. The zero-order valence-corrected chi connectivity index (χ0v) is 10.2. The largest absolute Gasteiger partial charge is 0.387 e. The van der Waals surface area contributed by atoms with Crippen LogP contribution in [0.2, 0.25) is 0 Å². The van der Waals surface area contributed by atoms with Crippen LogP contribution in [0.25, 0.3) is 0 Å². The molecule has 1 aromatic carbocycles. The van der Waals surface area contributed by atoms with Gasteiger partial charge in [-0.2, -0.15) is 0 Å². The molecule has 1 aliphatic heterocycles. The van der Waals surface area contributed by atoms with Crippen molar-refractivity contribution >= 4 is 0 Å². The first-order valence-electron chi connectivity index (χ1n) is 6.53. The van der Waals surface area contributed by atoms with Gasteiger partial charge in [0.25, 0.3) is 0 Å². The van der Waals surface area contributed by atoms with Crippen molar-refractivity contribution in [3.8, 4) is 0 Å². The number of aliphatic hydroxyl groups is 1. The Bertz CT molecular complexity index is 307. The maximum atomic E-state index is 10.0. The van der Waals surface area contributed by atoms with Crippen molar-refractivity contribution in [3.05, 3.63) is 35.9 Å². The van der Waals surface area contributed by atoms with Gasteiger partial charge in [0.1, 0.15) is 0 Å². The normalized spacial score (nSPS) is 23.0. The van der Waals surface area contributed by atoms with Crippen molar-refractivity contribution in [3.63, 3.8) is 0 Å². The van der Waals surface area contributed by atoms with Gasteiger partial charge in [-0.25, -0.2) is 0 Å². The average molecular weight is 234 g/mol. The van der Waals surface area contributed by atoms with Crippen LogP contribution in [0, 0.1) is 0 Å². The first-order valence-corrected chi connectivity index (χ1v) is 6.53. The van der Waals surface area contributed by atoms with E-state index in [0.29, 0.717) is 12.6 Å². The Hall–Kier alpha value is -0.900. The minimum absolute atomic E-state index is 0.396. The molecular weight excluding hydrogens is 212 g/mol. The molecule has 2 atom stereocenters. The molecule has 0 bridgehead atoms. The molecule has 1 fully saturated rings. The predicted molar refractivity (Wildman–Crippen MR) is 69.9 cm³/mol. The van der Waals surface area contributed by atoms with Crippen LogP contribution >= 0.6 is 0 Å². The molecule has 2 rings (SSSR count). The van der Waals surface area contributed by atoms with Gasteiger partial charge in [0.15, 0.2) is 0 Å². The molecule has 3 N–H and O–H groups in total. The quantitative estimate of drug-likeness (QED) is 0.739. The average Bonchev–Trinajstić information content (AvgIpc) is 2.65. The van der Waals surface area contributed by atoms with Gasteiger partial charge in [0.05, 0.1) is 6.10 Å². The Morgan fingerprint density at radius 1 is 1.24 bits per heavy atom. The molecule has 1 heterocycles. The van der Waals surface area contributed by atoms with Crippen LogP contribution in [0.15, 0.2) is 30.3 Å². The molecular formula is C14H22N2O. The molecule has 1 aromatic rings. The summed E-state index contributed by atoms with van der Waals surface area (Å²) in [6, 6.07) is 10.4. The van der Waals surface area contributed by atoms with Crippen LogP contribution in [-0.2, 0) is 0 Å². The molecule has 0 aliphatic carbocycles. The first kappa shape index (κ1) is 12.6. The molecule has 1 aliphatic rings. The lowest BCUT2D eigenvalue weighted by molar-refractivity contribution is 0.168. The molecule has 0 amide bonds. The molecule has 17 heavy (non-hydrogen) atoms. The summed E-state index contributed by atoms with van der Waals surface area (Å²) >= 11 is 0. The van der Waals surface area contributed by atoms with Crippen LogP contribution in [0.1, 0.15) is 30.9 Å². The Balaban J connectivity index is 1.77. The van der Waals surface area contributed by atoms with Crippen LogP contribution < -0.4 is 10.6 Å². The Morgan fingerprint density at radius 3 is 2.88 bits per heavy atom. The third-order valence-corrected chi connectivity index (χ3v) is 3.36. The van der Waals surface area contributed by atoms with E-state index >= 15 is 0 Å². The summed E-state index contributed by atoms with van der Waals surface area (Å²) in [5.41, 5.74) is 0.992. The van der Waals surface area contributed by atoms with E-state index in [2.05, 4.69) is 10.6 Å². The molecule has 3 nitrogen and oxygen atoms in total. The number of hydrogen-bond acceptors (Lipinski definition) is 3. The summed E-state index contributed by atoms with van der Waals surface area (Å²) < 4.78 is 0. The fourth-order valence-corrected chi connectivity index (χ4v) is 2.29. The maximum Gasteiger partial charge on any atom is 0.0914 e. The van der Waals surface area contributed by atoms with Crippen molar-refractivity contribution < 1.29 is 5.11 Å². The fraction of sp³-hybridized carbons (Fsp3) is 0.571. The van der Waals surface area contributed by atoms with E-state index in [0.717, 1.165) is 25.1 Å². The van der Waals surface area contributed by atoms with E-state index in [1.807, 2.05) is 30.3 Å². The van der Waals surface area contributed by atoms with Crippen LogP contribution in [0.3, 0.4) is 0 Å². The fourth-order valence-electron chi connectivity index (χ4n) is 2.29. The van der Waals surface area contributed by atoms with Crippen molar-refractivity contribution in [2.45, 2.75) is 31.4 Å². The van der Waals surface area contributed by atoms with E-state index in [1.165, 1.54) is 12.8 Å². The number of benzene rings is 1. The molecule has 2 unspecified atom stereocenters. The van der Waals surface area contributed by atoms with Gasteiger partial charge < -0.3 is 15.7 Å². The van der Waals surface area contributed by atoms with E-state index in [-0.39, 0.29) is 0 Å². The van der Waals surface area contributed by atoms with Crippen LogP contribution in [-0.4, -0.2) is 30.8 Å². The van der Waals surface area contributed by atoms with Gasteiger partial charge >= 0.3 is 0 Å². The Morgan fingerprint density at radius 2 is 2.06 bits per heavy atom. The Labute approximate surface area is 103 Å². The summed E-state index contributed by atoms with van der Waals surface area (Å²) in [5, 5.41) is 16.9. The summed E-state index contributed by atoms with van der Waals surface area (Å²) in [6.45, 7) is 2.85. The molecule has 1 saturated heterocycles. The van der Waals surface area contributed by atoms with Crippen LogP contribution in [0.5, 0.6) is 0 Å². The monoisotopic (exact) mass is 234 g/mol. The summed E-state index contributed by atoms with van der Waals surface area (Å²) in [4.78, 5) is 0. The van der Waals surface area contributed by atoms with E-state index < -0.39 is 6.10 Å². The number of rotatable bonds is 4. The first-order chi connectivity index (χ1) is 8.36. The Kier molecular flexibility index (Phi) is 4.98. The van der Waals surface area contributed by atoms with E-state index in [9.17, 15) is 5.11 Å². The van der Waals surface area contributed by atoms with Gasteiger partial charge in [-0.05, 0) is 37.9 Å². The second-order valence-electron chi connectivity index (χ2n) is 4.71. The molecule has 3 heteroatoms. The van der Waals surface area contributed by atoms with Gasteiger partial charge in [-0.15, -0.1) is 0 Å². The van der Waals surface area contributed by atoms with Gasteiger partial charge in [-0.1, -0.05) is 30.3 Å². The maximum absolute atomic E-state index is 10.0. The summed E-state index contributed by atoms with van der Waals surface area (Å²) in [7, 11) is 0. The van der Waals surface area contributed by atoms with Crippen LogP contribution in [0.4, 0.5) is 0 Å². The smallest absolute Gasteiger partial charge is 0.0914 e. The number of aliphatic hydroxyl groups excluding tert-OH is 1. The van der Waals surface area contributed by atoms with Crippen molar-refractivity contribution in [1.29, 1.82) is 0 Å². The highest BCUT2D eigenvalue weighted by atomic mass is 16.3. The number of hydrogen-bond donors (Lipinski definition) is 3. The lowest BCUT2D eigenvalue weighted by Crippen LogP contribution is -2.33. The highest BCUT2D eigenvalue weighted by molar-refractivity contribution is 5.17. The number of nitrogens with one attached hydrogen (secondary N) is 2. The highest BCUT2D eigenvalue weighted by Gasteiger charge is 2.13. The SMILES string of the molecule is OC(CNC1CCCNCC1)c1ccccc1. The molecule has 0 aromatic heterocycles. The summed E-state index contributed by atoms with van der Waals surface area (Å²) in [5.74, 6) is 0. The highest BCUT2D eigenvalue weighted by Crippen LogP contribution is 2.12. The second-order valence-corrected chi connectivity index (χ2v) is 4.71. The molecule has 94 valence electrons. The molecule has 0 radical (unpaired) electrons. The van der Waals surface area contributed by atoms with E-state index in [4.69, 9.17) is 0 Å². The standard InChI is InChI=1S/C14H22N2O/c17-14(12-5-2-1-3-6-12)11-16-13-7-4-9-15-10-8-13/h1-3,5-6,13-17H,4,7-11H2. The molecule has 0 spiro atoms.